The van der Waals surface area contributed by atoms with Crippen LogP contribution < -0.4 is 5.32 Å². The number of nitrogens with zero attached hydrogens (tertiary/aromatic N) is 3. The molecular formula is C16H14N4. The van der Waals surface area contributed by atoms with Gasteiger partial charge in [-0.25, -0.2) is 9.97 Å². The van der Waals surface area contributed by atoms with Crippen LogP contribution in [0.25, 0.3) is 12.2 Å². The fourth-order valence-electron chi connectivity index (χ4n) is 1.86. The molecule has 0 spiro atoms. The third-order valence-electron chi connectivity index (χ3n) is 2.84. The molecule has 0 fully saturated rings. The maximum absolute atomic E-state index is 8.74. The first-order chi connectivity index (χ1) is 9.67. The molecule has 0 aromatic carbocycles. The van der Waals surface area contributed by atoms with Gasteiger partial charge in [0.2, 0.25) is 0 Å². The summed E-state index contributed by atoms with van der Waals surface area (Å²) in [6, 6.07) is 7.39. The predicted molar refractivity (Wildman–Crippen MR) is 81.4 cm³/mol. The molecule has 0 saturated carbocycles. The first kappa shape index (κ1) is 13.5. The molecular weight excluding hydrogens is 248 g/mol. The van der Waals surface area contributed by atoms with Gasteiger partial charge in [0.1, 0.15) is 17.7 Å². The second-order valence-electron chi connectivity index (χ2n) is 4.20. The summed E-state index contributed by atoms with van der Waals surface area (Å²) >= 11 is 0. The molecule has 2 aromatic heterocycles. The number of anilines is 2. The SMILES string of the molecule is C=Cc1nc(Nc2ccc(C#N)cn2)cc(C)c1C=C. The van der Waals surface area contributed by atoms with Crippen LogP contribution in [0, 0.1) is 18.3 Å². The zero-order valence-electron chi connectivity index (χ0n) is 11.2. The van der Waals surface area contributed by atoms with Crippen molar-refractivity contribution < 1.29 is 0 Å². The van der Waals surface area contributed by atoms with E-state index in [9.17, 15) is 0 Å². The molecule has 0 atom stereocenters. The molecule has 0 unspecified atom stereocenters. The number of nitrogens with one attached hydrogen (secondary N) is 1. The zero-order chi connectivity index (χ0) is 14.5. The third kappa shape index (κ3) is 2.73. The summed E-state index contributed by atoms with van der Waals surface area (Å²) in [6.07, 6.45) is 4.98. The van der Waals surface area contributed by atoms with Gasteiger partial charge in [-0.15, -0.1) is 0 Å². The molecule has 2 rings (SSSR count). The Kier molecular flexibility index (Phi) is 3.92. The smallest absolute Gasteiger partial charge is 0.132 e. The van der Waals surface area contributed by atoms with Crippen molar-refractivity contribution in [1.82, 2.24) is 9.97 Å². The van der Waals surface area contributed by atoms with E-state index < -0.39 is 0 Å². The number of aryl methyl sites for hydroxylation is 1. The lowest BCUT2D eigenvalue weighted by Gasteiger charge is -2.10. The highest BCUT2D eigenvalue weighted by atomic mass is 15.1. The number of hydrogen-bond acceptors (Lipinski definition) is 4. The van der Waals surface area contributed by atoms with Gasteiger partial charge >= 0.3 is 0 Å². The molecule has 0 saturated heterocycles. The minimum absolute atomic E-state index is 0.522. The molecule has 0 aliphatic rings. The maximum atomic E-state index is 8.74. The van der Waals surface area contributed by atoms with Crippen LogP contribution in [0.3, 0.4) is 0 Å². The molecule has 98 valence electrons. The van der Waals surface area contributed by atoms with Crippen molar-refractivity contribution in [2.45, 2.75) is 6.92 Å². The van der Waals surface area contributed by atoms with Crippen LogP contribution in [-0.4, -0.2) is 9.97 Å². The van der Waals surface area contributed by atoms with E-state index in [1.54, 1.807) is 24.3 Å². The van der Waals surface area contributed by atoms with E-state index in [-0.39, 0.29) is 0 Å². The fraction of sp³-hybridized carbons (Fsp3) is 0.0625. The van der Waals surface area contributed by atoms with Gasteiger partial charge in [-0.3, -0.25) is 0 Å². The summed E-state index contributed by atoms with van der Waals surface area (Å²) in [6.45, 7) is 9.53. The molecule has 0 radical (unpaired) electrons. The van der Waals surface area contributed by atoms with Crippen molar-refractivity contribution in [3.63, 3.8) is 0 Å². The summed E-state index contributed by atoms with van der Waals surface area (Å²) in [5, 5.41) is 11.8. The van der Waals surface area contributed by atoms with Crippen LogP contribution in [0.15, 0.2) is 37.6 Å². The average Bonchev–Trinajstić information content (AvgIpc) is 2.47. The molecule has 0 amide bonds. The summed E-state index contributed by atoms with van der Waals surface area (Å²) < 4.78 is 0. The Morgan fingerprint density at radius 2 is 2.05 bits per heavy atom. The van der Waals surface area contributed by atoms with Crippen molar-refractivity contribution in [2.24, 2.45) is 0 Å². The molecule has 4 nitrogen and oxygen atoms in total. The highest BCUT2D eigenvalue weighted by Gasteiger charge is 2.06. The Labute approximate surface area is 118 Å². The van der Waals surface area contributed by atoms with Crippen LogP contribution in [0.4, 0.5) is 11.6 Å². The number of nitriles is 1. The van der Waals surface area contributed by atoms with E-state index >= 15 is 0 Å². The van der Waals surface area contributed by atoms with Crippen LogP contribution in [-0.2, 0) is 0 Å². The molecule has 4 heteroatoms. The van der Waals surface area contributed by atoms with E-state index in [0.29, 0.717) is 17.2 Å². The van der Waals surface area contributed by atoms with Gasteiger partial charge in [0.25, 0.3) is 0 Å². The van der Waals surface area contributed by atoms with Gasteiger partial charge in [-0.1, -0.05) is 19.2 Å². The van der Waals surface area contributed by atoms with Gasteiger partial charge in [-0.2, -0.15) is 5.26 Å². The van der Waals surface area contributed by atoms with Crippen molar-refractivity contribution in [2.75, 3.05) is 5.32 Å². The molecule has 1 N–H and O–H groups in total. The third-order valence-corrected chi connectivity index (χ3v) is 2.84. The topological polar surface area (TPSA) is 61.6 Å². The summed E-state index contributed by atoms with van der Waals surface area (Å²) in [5.74, 6) is 1.32. The number of pyridine rings is 2. The Hall–Kier alpha value is -2.93. The first-order valence-electron chi connectivity index (χ1n) is 6.07. The number of aromatic nitrogens is 2. The summed E-state index contributed by atoms with van der Waals surface area (Å²) in [7, 11) is 0. The molecule has 0 aliphatic heterocycles. The van der Waals surface area contributed by atoms with Crippen LogP contribution in [0.5, 0.6) is 0 Å². The van der Waals surface area contributed by atoms with Gasteiger partial charge in [0, 0.05) is 11.8 Å². The Morgan fingerprint density at radius 3 is 2.60 bits per heavy atom. The maximum Gasteiger partial charge on any atom is 0.132 e. The predicted octanol–water partition coefficient (Wildman–Crippen LogP) is 3.69. The Balaban J connectivity index is 2.33. The highest BCUT2D eigenvalue weighted by Crippen LogP contribution is 2.21. The molecule has 2 heterocycles. The van der Waals surface area contributed by atoms with E-state index in [4.69, 9.17) is 5.26 Å². The van der Waals surface area contributed by atoms with E-state index in [1.807, 2.05) is 19.1 Å². The van der Waals surface area contributed by atoms with Crippen LogP contribution >= 0.6 is 0 Å². The lowest BCUT2D eigenvalue weighted by molar-refractivity contribution is 1.21. The van der Waals surface area contributed by atoms with Crippen LogP contribution in [0.1, 0.15) is 22.4 Å². The normalized spacial score (nSPS) is 9.60. The van der Waals surface area contributed by atoms with E-state index in [1.165, 1.54) is 6.20 Å². The lowest BCUT2D eigenvalue weighted by Crippen LogP contribution is -2.00. The van der Waals surface area contributed by atoms with Gasteiger partial charge in [0.05, 0.1) is 11.3 Å². The monoisotopic (exact) mass is 262 g/mol. The molecule has 0 bridgehead atoms. The summed E-state index contributed by atoms with van der Waals surface area (Å²) in [4.78, 5) is 8.61. The second-order valence-corrected chi connectivity index (χ2v) is 4.20. The standard InChI is InChI=1S/C16H14N4/c1-4-13-11(3)8-16(19-14(13)5-2)20-15-7-6-12(9-17)10-18-15/h4-8,10H,1-2H2,3H3,(H,18,19,20). The van der Waals surface area contributed by atoms with Gasteiger partial charge < -0.3 is 5.32 Å². The summed E-state index contributed by atoms with van der Waals surface area (Å²) in [5.41, 5.74) is 3.32. The van der Waals surface area contributed by atoms with Crippen molar-refractivity contribution in [3.8, 4) is 6.07 Å². The minimum Gasteiger partial charge on any atom is -0.325 e. The van der Waals surface area contributed by atoms with Crippen molar-refractivity contribution in [1.29, 1.82) is 5.26 Å². The molecule has 0 aliphatic carbocycles. The second kappa shape index (κ2) is 5.81. The number of rotatable bonds is 4. The minimum atomic E-state index is 0.522. The first-order valence-corrected chi connectivity index (χ1v) is 6.07. The van der Waals surface area contributed by atoms with Crippen molar-refractivity contribution in [3.05, 3.63) is 59.9 Å². The number of hydrogen-bond donors (Lipinski definition) is 1. The van der Waals surface area contributed by atoms with E-state index in [0.717, 1.165) is 16.8 Å². The molecule has 20 heavy (non-hydrogen) atoms. The van der Waals surface area contributed by atoms with Gasteiger partial charge in [-0.05, 0) is 36.8 Å². The largest absolute Gasteiger partial charge is 0.325 e. The highest BCUT2D eigenvalue weighted by molar-refractivity contribution is 5.67. The lowest BCUT2D eigenvalue weighted by atomic mass is 10.1. The van der Waals surface area contributed by atoms with E-state index in [2.05, 4.69) is 28.4 Å². The van der Waals surface area contributed by atoms with Gasteiger partial charge in [0.15, 0.2) is 0 Å². The van der Waals surface area contributed by atoms with Crippen LogP contribution in [0.2, 0.25) is 0 Å². The Morgan fingerprint density at radius 1 is 1.25 bits per heavy atom. The van der Waals surface area contributed by atoms with Crippen molar-refractivity contribution >= 4 is 23.8 Å². The Bertz CT molecular complexity index is 694. The average molecular weight is 262 g/mol. The zero-order valence-corrected chi connectivity index (χ0v) is 11.2. The quantitative estimate of drug-likeness (QED) is 0.912. The molecule has 2 aromatic rings. The fourth-order valence-corrected chi connectivity index (χ4v) is 1.86.